The van der Waals surface area contributed by atoms with Crippen LogP contribution in [-0.2, 0) is 27.8 Å². The fraction of sp³-hybridized carbons (Fsp3) is 0.409. The van der Waals surface area contributed by atoms with E-state index in [-0.39, 0.29) is 16.9 Å². The molecule has 2 aromatic carbocycles. The second-order valence-electron chi connectivity index (χ2n) is 7.53. The maximum absolute atomic E-state index is 12.6. The first kappa shape index (κ1) is 23.7. The zero-order chi connectivity index (χ0) is 22.6. The van der Waals surface area contributed by atoms with Gasteiger partial charge in [-0.3, -0.25) is 0 Å². The normalized spacial score (nSPS) is 14.8. The number of aryl methyl sites for hydroxylation is 1. The van der Waals surface area contributed by atoms with Crippen LogP contribution in [0.15, 0.2) is 34.1 Å². The van der Waals surface area contributed by atoms with E-state index in [1.54, 1.807) is 11.8 Å². The number of thioether (sulfide) groups is 1. The van der Waals surface area contributed by atoms with Gasteiger partial charge in [-0.25, -0.2) is 13.6 Å². The number of rotatable bonds is 9. The monoisotopic (exact) mass is 463 g/mol. The molecule has 9 heteroatoms. The summed E-state index contributed by atoms with van der Waals surface area (Å²) in [6.45, 7) is 3.56. The van der Waals surface area contributed by atoms with Crippen molar-refractivity contribution in [1.29, 1.82) is 0 Å². The highest BCUT2D eigenvalue weighted by molar-refractivity contribution is 7.99. The summed E-state index contributed by atoms with van der Waals surface area (Å²) in [5, 5.41) is 17.3. The lowest BCUT2D eigenvalue weighted by Crippen LogP contribution is -2.25. The quantitative estimate of drug-likeness (QED) is 0.296. The summed E-state index contributed by atoms with van der Waals surface area (Å²) < 4.78 is 25.2. The molecular formula is C22H29N3O4S2. The minimum atomic E-state index is -4.16. The van der Waals surface area contributed by atoms with Gasteiger partial charge in [0.15, 0.2) is 0 Å². The molecule has 0 aliphatic carbocycles. The SMILES string of the molecule is Cc1c(SCC=CCN)ccc2c(CO)c(S(N)(=O)=O)c(CC=O)c(N3CCCC3)c12. The lowest BCUT2D eigenvalue weighted by atomic mass is 9.93. The molecule has 5 N–H and O–H groups in total. The highest BCUT2D eigenvalue weighted by Crippen LogP contribution is 2.44. The Kier molecular flexibility index (Phi) is 7.77. The topological polar surface area (TPSA) is 127 Å². The Labute approximate surface area is 187 Å². The summed E-state index contributed by atoms with van der Waals surface area (Å²) in [7, 11) is -4.16. The van der Waals surface area contributed by atoms with E-state index in [1.807, 2.05) is 31.2 Å². The Morgan fingerprint density at radius 2 is 1.90 bits per heavy atom. The van der Waals surface area contributed by atoms with Crippen molar-refractivity contribution < 1.29 is 18.3 Å². The molecule has 0 amide bonds. The molecule has 0 spiro atoms. The molecule has 0 unspecified atom stereocenters. The molecule has 1 aliphatic heterocycles. The van der Waals surface area contributed by atoms with Gasteiger partial charge in [0.1, 0.15) is 6.29 Å². The average molecular weight is 464 g/mol. The second kappa shape index (κ2) is 10.1. The molecule has 0 saturated carbocycles. The lowest BCUT2D eigenvalue weighted by molar-refractivity contribution is -0.107. The van der Waals surface area contributed by atoms with Gasteiger partial charge in [-0.1, -0.05) is 18.2 Å². The van der Waals surface area contributed by atoms with E-state index in [1.165, 1.54) is 0 Å². The van der Waals surface area contributed by atoms with Crippen molar-refractivity contribution in [3.63, 3.8) is 0 Å². The predicted octanol–water partition coefficient (Wildman–Crippen LogP) is 2.24. The number of nitrogens with zero attached hydrogens (tertiary/aromatic N) is 1. The van der Waals surface area contributed by atoms with Crippen LogP contribution in [0.25, 0.3) is 10.8 Å². The van der Waals surface area contributed by atoms with Crippen LogP contribution in [0.5, 0.6) is 0 Å². The molecule has 7 nitrogen and oxygen atoms in total. The highest BCUT2D eigenvalue weighted by Gasteiger charge is 2.30. The van der Waals surface area contributed by atoms with Gasteiger partial charge in [0.2, 0.25) is 10.0 Å². The summed E-state index contributed by atoms with van der Waals surface area (Å²) in [4.78, 5) is 14.6. The first-order valence-corrected chi connectivity index (χ1v) is 12.8. The van der Waals surface area contributed by atoms with Gasteiger partial charge in [0.05, 0.1) is 11.5 Å². The van der Waals surface area contributed by atoms with Crippen LogP contribution in [0, 0.1) is 6.92 Å². The van der Waals surface area contributed by atoms with Crippen molar-refractivity contribution in [2.75, 3.05) is 30.3 Å². The van der Waals surface area contributed by atoms with Gasteiger partial charge >= 0.3 is 0 Å². The number of aliphatic hydroxyl groups is 1. The second-order valence-corrected chi connectivity index (χ2v) is 10.1. The molecule has 0 aromatic heterocycles. The number of aldehydes is 1. The van der Waals surface area contributed by atoms with Crippen LogP contribution < -0.4 is 15.8 Å². The first-order valence-electron chi connectivity index (χ1n) is 10.3. The van der Waals surface area contributed by atoms with E-state index in [4.69, 9.17) is 10.9 Å². The van der Waals surface area contributed by atoms with Gasteiger partial charge in [-0.15, -0.1) is 11.8 Å². The van der Waals surface area contributed by atoms with E-state index < -0.39 is 16.6 Å². The third kappa shape index (κ3) is 4.80. The number of carbonyl (C=O) groups excluding carboxylic acids is 1. The van der Waals surface area contributed by atoms with Gasteiger partial charge < -0.3 is 20.5 Å². The number of nitrogens with two attached hydrogens (primary N) is 2. The fourth-order valence-corrected chi connectivity index (χ4v) is 6.27. The van der Waals surface area contributed by atoms with Crippen LogP contribution in [-0.4, -0.2) is 45.2 Å². The van der Waals surface area contributed by atoms with Crippen molar-refractivity contribution in [2.45, 2.75) is 42.6 Å². The van der Waals surface area contributed by atoms with Crippen LogP contribution in [0.2, 0.25) is 0 Å². The number of aliphatic hydroxyl groups excluding tert-OH is 1. The van der Waals surface area contributed by atoms with Crippen molar-refractivity contribution in [3.8, 4) is 0 Å². The Morgan fingerprint density at radius 1 is 1.19 bits per heavy atom. The molecule has 31 heavy (non-hydrogen) atoms. The van der Waals surface area contributed by atoms with Crippen molar-refractivity contribution >= 4 is 44.5 Å². The summed E-state index contributed by atoms with van der Waals surface area (Å²) >= 11 is 1.66. The Morgan fingerprint density at radius 3 is 2.48 bits per heavy atom. The largest absolute Gasteiger partial charge is 0.392 e. The number of carbonyl (C=O) groups is 1. The Bertz CT molecular complexity index is 1110. The van der Waals surface area contributed by atoms with E-state index >= 15 is 0 Å². The molecule has 1 heterocycles. The van der Waals surface area contributed by atoms with Crippen molar-refractivity contribution in [3.05, 3.63) is 41.0 Å². The minimum absolute atomic E-state index is 0.0867. The Hall–Kier alpha value is -1.91. The van der Waals surface area contributed by atoms with Crippen molar-refractivity contribution in [1.82, 2.24) is 0 Å². The smallest absolute Gasteiger partial charge is 0.238 e. The molecule has 1 fully saturated rings. The van der Waals surface area contributed by atoms with Gasteiger partial charge in [-0.2, -0.15) is 0 Å². The van der Waals surface area contributed by atoms with E-state index in [0.717, 1.165) is 53.2 Å². The minimum Gasteiger partial charge on any atom is -0.392 e. The lowest BCUT2D eigenvalue weighted by Gasteiger charge is -2.28. The molecule has 0 atom stereocenters. The summed E-state index contributed by atoms with van der Waals surface area (Å²) in [5.41, 5.74) is 7.89. The third-order valence-electron chi connectivity index (χ3n) is 5.60. The standard InChI is InChI=1S/C22H29N3O4S2/c1-15-19(30-13-5-2-9-23)7-6-16-18(14-27)22(31(24,28)29)17(8-12-26)21(20(15)16)25-10-3-4-11-25/h2,5-7,12,27H,3-4,8-11,13-14,23H2,1H3,(H2,24,28,29). The van der Waals surface area contributed by atoms with Crippen LogP contribution >= 0.6 is 11.8 Å². The molecule has 168 valence electrons. The van der Waals surface area contributed by atoms with Crippen LogP contribution in [0.1, 0.15) is 29.5 Å². The first-order chi connectivity index (χ1) is 14.8. The molecule has 2 aromatic rings. The number of fused-ring (bicyclic) bond motifs is 1. The zero-order valence-electron chi connectivity index (χ0n) is 17.6. The van der Waals surface area contributed by atoms with E-state index in [0.29, 0.717) is 23.8 Å². The number of hydrogen-bond donors (Lipinski definition) is 3. The summed E-state index contributed by atoms with van der Waals surface area (Å²) in [6, 6.07) is 3.79. The van der Waals surface area contributed by atoms with Gasteiger partial charge in [-0.05, 0) is 36.8 Å². The fourth-order valence-electron chi connectivity index (χ4n) is 4.33. The van der Waals surface area contributed by atoms with Gasteiger partial charge in [0, 0.05) is 58.9 Å². The number of anilines is 1. The number of primary sulfonamides is 1. The van der Waals surface area contributed by atoms with Crippen LogP contribution in [0.4, 0.5) is 5.69 Å². The highest BCUT2D eigenvalue weighted by atomic mass is 32.2. The van der Waals surface area contributed by atoms with Crippen LogP contribution in [0.3, 0.4) is 0 Å². The van der Waals surface area contributed by atoms with E-state index in [9.17, 15) is 18.3 Å². The molecule has 1 saturated heterocycles. The van der Waals surface area contributed by atoms with Gasteiger partial charge in [0.25, 0.3) is 0 Å². The van der Waals surface area contributed by atoms with E-state index in [2.05, 4.69) is 4.90 Å². The van der Waals surface area contributed by atoms with Crippen molar-refractivity contribution in [2.24, 2.45) is 10.9 Å². The molecule has 0 radical (unpaired) electrons. The molecule has 0 bridgehead atoms. The molecule has 3 rings (SSSR count). The average Bonchev–Trinajstić information content (AvgIpc) is 3.25. The molecular weight excluding hydrogens is 434 g/mol. The maximum Gasteiger partial charge on any atom is 0.238 e. The summed E-state index contributed by atoms with van der Waals surface area (Å²) in [6.07, 6.45) is 6.51. The third-order valence-corrected chi connectivity index (χ3v) is 7.78. The number of benzene rings is 2. The maximum atomic E-state index is 12.6. The Balaban J connectivity index is 2.39. The number of hydrogen-bond acceptors (Lipinski definition) is 7. The summed E-state index contributed by atoms with van der Waals surface area (Å²) in [5.74, 6) is 0.756. The predicted molar refractivity (Wildman–Crippen MR) is 126 cm³/mol. The molecule has 1 aliphatic rings. The zero-order valence-corrected chi connectivity index (χ0v) is 19.3. The number of sulfonamides is 1.